The smallest absolute Gasteiger partial charge is 0.409 e. The number of anilines is 2. The highest BCUT2D eigenvalue weighted by Crippen LogP contribution is 2.14. The van der Waals surface area contributed by atoms with Crippen LogP contribution in [0.1, 0.15) is 5.56 Å². The molecule has 0 aliphatic heterocycles. The first-order valence-electron chi connectivity index (χ1n) is 5.72. The molecule has 0 heterocycles. The van der Waals surface area contributed by atoms with Crippen LogP contribution in [0, 0.1) is 5.82 Å². The van der Waals surface area contributed by atoms with E-state index in [9.17, 15) is 9.18 Å². The third-order valence-corrected chi connectivity index (χ3v) is 2.55. The molecule has 1 amide bonds. The average molecular weight is 260 g/mol. The Morgan fingerprint density at radius 1 is 1.00 bits per heavy atom. The zero-order valence-electron chi connectivity index (χ0n) is 10.1. The summed E-state index contributed by atoms with van der Waals surface area (Å²) < 4.78 is 12.7. The van der Waals surface area contributed by atoms with Gasteiger partial charge in [0, 0.05) is 17.9 Å². The van der Waals surface area contributed by atoms with Gasteiger partial charge in [-0.05, 0) is 42.0 Å². The largest absolute Gasteiger partial charge is 0.465 e. The van der Waals surface area contributed by atoms with Crippen LogP contribution in [0.5, 0.6) is 0 Å². The molecule has 0 saturated heterocycles. The highest BCUT2D eigenvalue weighted by molar-refractivity contribution is 5.83. The Balaban J connectivity index is 1.92. The van der Waals surface area contributed by atoms with E-state index < -0.39 is 6.09 Å². The van der Waals surface area contributed by atoms with Gasteiger partial charge in [-0.1, -0.05) is 12.1 Å². The number of halogens is 1. The lowest BCUT2D eigenvalue weighted by atomic mass is 10.2. The molecule has 0 atom stereocenters. The lowest BCUT2D eigenvalue weighted by Gasteiger charge is -2.07. The number of carboxylic acid groups (broad SMARTS) is 1. The summed E-state index contributed by atoms with van der Waals surface area (Å²) in [5, 5.41) is 14.0. The Labute approximate surface area is 109 Å². The first-order valence-corrected chi connectivity index (χ1v) is 5.72. The van der Waals surface area contributed by atoms with E-state index in [4.69, 9.17) is 5.11 Å². The van der Waals surface area contributed by atoms with Crippen molar-refractivity contribution in [3.63, 3.8) is 0 Å². The SMILES string of the molecule is O=C(O)Nc1ccc(NCc2ccc(F)cc2)cc1. The van der Waals surface area contributed by atoms with E-state index in [2.05, 4.69) is 10.6 Å². The molecule has 0 bridgehead atoms. The normalized spacial score (nSPS) is 9.95. The van der Waals surface area contributed by atoms with Crippen molar-refractivity contribution in [2.24, 2.45) is 0 Å². The van der Waals surface area contributed by atoms with E-state index in [1.807, 2.05) is 0 Å². The second kappa shape index (κ2) is 5.86. The molecule has 0 fully saturated rings. The zero-order valence-corrected chi connectivity index (χ0v) is 10.1. The maximum atomic E-state index is 12.7. The molecule has 0 unspecified atom stereocenters. The third kappa shape index (κ3) is 3.99. The van der Waals surface area contributed by atoms with Gasteiger partial charge in [-0.25, -0.2) is 9.18 Å². The van der Waals surface area contributed by atoms with Crippen LogP contribution < -0.4 is 10.6 Å². The highest BCUT2D eigenvalue weighted by Gasteiger charge is 1.98. The van der Waals surface area contributed by atoms with Gasteiger partial charge in [0.25, 0.3) is 0 Å². The van der Waals surface area contributed by atoms with E-state index in [0.29, 0.717) is 12.2 Å². The molecular formula is C14H13FN2O2. The van der Waals surface area contributed by atoms with Crippen molar-refractivity contribution >= 4 is 17.5 Å². The Bertz CT molecular complexity index is 553. The van der Waals surface area contributed by atoms with E-state index in [1.54, 1.807) is 36.4 Å². The van der Waals surface area contributed by atoms with Gasteiger partial charge >= 0.3 is 6.09 Å². The minimum Gasteiger partial charge on any atom is -0.465 e. The van der Waals surface area contributed by atoms with Crippen LogP contribution in [-0.2, 0) is 6.54 Å². The predicted molar refractivity (Wildman–Crippen MR) is 71.8 cm³/mol. The van der Waals surface area contributed by atoms with Gasteiger partial charge in [0.05, 0.1) is 0 Å². The highest BCUT2D eigenvalue weighted by atomic mass is 19.1. The third-order valence-electron chi connectivity index (χ3n) is 2.55. The lowest BCUT2D eigenvalue weighted by Crippen LogP contribution is -2.07. The molecule has 3 N–H and O–H groups in total. The van der Waals surface area contributed by atoms with Crippen molar-refractivity contribution in [1.82, 2.24) is 0 Å². The number of hydrogen-bond acceptors (Lipinski definition) is 2. The Kier molecular flexibility index (Phi) is 3.97. The lowest BCUT2D eigenvalue weighted by molar-refractivity contribution is 0.210. The van der Waals surface area contributed by atoms with Crippen LogP contribution in [-0.4, -0.2) is 11.2 Å². The number of benzene rings is 2. The van der Waals surface area contributed by atoms with Gasteiger partial charge in [0.1, 0.15) is 5.82 Å². The summed E-state index contributed by atoms with van der Waals surface area (Å²) in [6.45, 7) is 0.575. The fourth-order valence-electron chi connectivity index (χ4n) is 1.60. The molecule has 2 aromatic rings. The first kappa shape index (κ1) is 12.9. The van der Waals surface area contributed by atoms with Gasteiger partial charge in [0.2, 0.25) is 0 Å². The van der Waals surface area contributed by atoms with Crippen LogP contribution in [0.4, 0.5) is 20.6 Å². The number of hydrogen-bond donors (Lipinski definition) is 3. The zero-order chi connectivity index (χ0) is 13.7. The summed E-state index contributed by atoms with van der Waals surface area (Å²) in [4.78, 5) is 10.4. The summed E-state index contributed by atoms with van der Waals surface area (Å²) in [6, 6.07) is 13.1. The van der Waals surface area contributed by atoms with E-state index >= 15 is 0 Å². The molecule has 0 aliphatic rings. The van der Waals surface area contributed by atoms with Gasteiger partial charge in [-0.2, -0.15) is 0 Å². The average Bonchev–Trinajstić information content (AvgIpc) is 2.39. The summed E-state index contributed by atoms with van der Waals surface area (Å²) in [5.74, 6) is -0.257. The molecule has 5 heteroatoms. The molecule has 0 saturated carbocycles. The molecule has 2 rings (SSSR count). The summed E-state index contributed by atoms with van der Waals surface area (Å²) >= 11 is 0. The fourth-order valence-corrected chi connectivity index (χ4v) is 1.60. The van der Waals surface area contributed by atoms with Gasteiger partial charge in [0.15, 0.2) is 0 Å². The molecule has 0 spiro atoms. The summed E-state index contributed by atoms with van der Waals surface area (Å²) in [6.07, 6.45) is -1.09. The van der Waals surface area contributed by atoms with Gasteiger partial charge in [-0.3, -0.25) is 5.32 Å². The topological polar surface area (TPSA) is 61.4 Å². The number of amides is 1. The monoisotopic (exact) mass is 260 g/mol. The minimum absolute atomic E-state index is 0.257. The van der Waals surface area contributed by atoms with Crippen LogP contribution in [0.25, 0.3) is 0 Å². The molecule has 0 radical (unpaired) electrons. The molecule has 0 aromatic heterocycles. The van der Waals surface area contributed by atoms with Crippen LogP contribution in [0.2, 0.25) is 0 Å². The Morgan fingerprint density at radius 2 is 1.58 bits per heavy atom. The van der Waals surface area contributed by atoms with Gasteiger partial charge < -0.3 is 10.4 Å². The predicted octanol–water partition coefficient (Wildman–Crippen LogP) is 3.53. The maximum absolute atomic E-state index is 12.7. The Morgan fingerprint density at radius 3 is 2.16 bits per heavy atom. The molecular weight excluding hydrogens is 247 g/mol. The van der Waals surface area contributed by atoms with E-state index in [-0.39, 0.29) is 5.82 Å². The molecule has 98 valence electrons. The first-order chi connectivity index (χ1) is 9.13. The van der Waals surface area contributed by atoms with E-state index in [1.165, 1.54) is 12.1 Å². The van der Waals surface area contributed by atoms with Crippen molar-refractivity contribution in [2.45, 2.75) is 6.54 Å². The van der Waals surface area contributed by atoms with Crippen LogP contribution >= 0.6 is 0 Å². The molecule has 19 heavy (non-hydrogen) atoms. The standard InChI is InChI=1S/C14H13FN2O2/c15-11-3-1-10(2-4-11)9-16-12-5-7-13(8-6-12)17-14(18)19/h1-8,16-17H,9H2,(H,18,19). The van der Waals surface area contributed by atoms with Crippen LogP contribution in [0.15, 0.2) is 48.5 Å². The Hall–Kier alpha value is -2.56. The van der Waals surface area contributed by atoms with Crippen molar-refractivity contribution < 1.29 is 14.3 Å². The molecule has 4 nitrogen and oxygen atoms in total. The van der Waals surface area contributed by atoms with Crippen molar-refractivity contribution in [3.8, 4) is 0 Å². The maximum Gasteiger partial charge on any atom is 0.409 e. The van der Waals surface area contributed by atoms with Crippen molar-refractivity contribution in [2.75, 3.05) is 10.6 Å². The van der Waals surface area contributed by atoms with E-state index in [0.717, 1.165) is 11.3 Å². The summed E-state index contributed by atoms with van der Waals surface area (Å²) in [7, 11) is 0. The quantitative estimate of drug-likeness (QED) is 0.788. The van der Waals surface area contributed by atoms with Crippen molar-refractivity contribution in [3.05, 3.63) is 59.9 Å². The number of carbonyl (C=O) groups is 1. The molecule has 0 aliphatic carbocycles. The number of rotatable bonds is 4. The minimum atomic E-state index is -1.09. The number of nitrogens with one attached hydrogen (secondary N) is 2. The van der Waals surface area contributed by atoms with Crippen LogP contribution in [0.3, 0.4) is 0 Å². The van der Waals surface area contributed by atoms with Crippen molar-refractivity contribution in [1.29, 1.82) is 0 Å². The van der Waals surface area contributed by atoms with Gasteiger partial charge in [-0.15, -0.1) is 0 Å². The summed E-state index contributed by atoms with van der Waals surface area (Å²) in [5.41, 5.74) is 2.34. The second-order valence-corrected chi connectivity index (χ2v) is 3.99. The second-order valence-electron chi connectivity index (χ2n) is 3.99. The fraction of sp³-hybridized carbons (Fsp3) is 0.0714. The molecule has 2 aromatic carbocycles.